The van der Waals surface area contributed by atoms with Gasteiger partial charge in [0, 0.05) is 10.2 Å². The highest BCUT2D eigenvalue weighted by molar-refractivity contribution is 9.10. The average molecular weight is 328 g/mol. The zero-order chi connectivity index (χ0) is 14.4. The largest absolute Gasteiger partial charge is 0.466 e. The lowest BCUT2D eigenvalue weighted by Gasteiger charge is -2.10. The Morgan fingerprint density at radius 2 is 1.95 bits per heavy atom. The van der Waals surface area contributed by atoms with E-state index in [0.29, 0.717) is 5.69 Å². The lowest BCUT2D eigenvalue weighted by Crippen LogP contribution is -2.15. The molecule has 1 aromatic carbocycles. The number of nitrogens with one attached hydrogen (secondary N) is 1. The van der Waals surface area contributed by atoms with Crippen LogP contribution in [-0.2, 0) is 19.1 Å². The van der Waals surface area contributed by atoms with Crippen LogP contribution in [0, 0.1) is 6.92 Å². The number of aryl methyl sites for hydroxylation is 1. The number of halogens is 1. The van der Waals surface area contributed by atoms with Gasteiger partial charge in [-0.25, -0.2) is 9.59 Å². The number of esters is 2. The van der Waals surface area contributed by atoms with E-state index in [1.807, 2.05) is 19.1 Å². The van der Waals surface area contributed by atoms with Crippen LogP contribution in [0.2, 0.25) is 0 Å². The maximum absolute atomic E-state index is 11.5. The summed E-state index contributed by atoms with van der Waals surface area (Å²) < 4.78 is 10.0. The number of benzene rings is 1. The van der Waals surface area contributed by atoms with Crippen molar-refractivity contribution in [1.82, 2.24) is 0 Å². The first kappa shape index (κ1) is 15.2. The molecule has 5 nitrogen and oxygen atoms in total. The highest BCUT2D eigenvalue weighted by Crippen LogP contribution is 2.21. The Morgan fingerprint density at radius 3 is 2.47 bits per heavy atom. The molecule has 0 heterocycles. The van der Waals surface area contributed by atoms with Gasteiger partial charge in [-0.05, 0) is 30.7 Å². The minimum Gasteiger partial charge on any atom is -0.466 e. The van der Waals surface area contributed by atoms with E-state index < -0.39 is 11.9 Å². The Hall–Kier alpha value is -1.82. The van der Waals surface area contributed by atoms with Crippen LogP contribution >= 0.6 is 15.9 Å². The summed E-state index contributed by atoms with van der Waals surface area (Å²) in [5.41, 5.74) is 1.67. The van der Waals surface area contributed by atoms with Crippen LogP contribution in [0.4, 0.5) is 5.69 Å². The number of methoxy groups -OCH3 is 2. The average Bonchev–Trinajstić information content (AvgIpc) is 2.41. The topological polar surface area (TPSA) is 64.6 Å². The molecule has 0 fully saturated rings. The number of anilines is 1. The first-order chi connectivity index (χ1) is 8.97. The molecule has 0 saturated carbocycles. The van der Waals surface area contributed by atoms with Gasteiger partial charge < -0.3 is 14.8 Å². The molecule has 102 valence electrons. The van der Waals surface area contributed by atoms with Gasteiger partial charge in [0.05, 0.1) is 20.3 Å². The monoisotopic (exact) mass is 327 g/mol. The van der Waals surface area contributed by atoms with Gasteiger partial charge in [0.1, 0.15) is 5.70 Å². The van der Waals surface area contributed by atoms with Crippen molar-refractivity contribution < 1.29 is 19.1 Å². The number of ether oxygens (including phenoxy) is 2. The van der Waals surface area contributed by atoms with Crippen molar-refractivity contribution in [3.63, 3.8) is 0 Å². The molecule has 0 spiro atoms. The van der Waals surface area contributed by atoms with Gasteiger partial charge in [-0.3, -0.25) is 0 Å². The molecule has 0 saturated heterocycles. The third kappa shape index (κ3) is 4.40. The van der Waals surface area contributed by atoms with Crippen LogP contribution < -0.4 is 5.32 Å². The summed E-state index contributed by atoms with van der Waals surface area (Å²) in [6.45, 7) is 1.91. The first-order valence-electron chi connectivity index (χ1n) is 5.39. The normalized spacial score (nSPS) is 10.8. The zero-order valence-corrected chi connectivity index (χ0v) is 12.4. The van der Waals surface area contributed by atoms with Gasteiger partial charge in [-0.2, -0.15) is 0 Å². The second-order valence-corrected chi connectivity index (χ2v) is 4.52. The highest BCUT2D eigenvalue weighted by atomic mass is 79.9. The van der Waals surface area contributed by atoms with Crippen LogP contribution in [0.25, 0.3) is 0 Å². The Bertz CT molecular complexity index is 525. The molecule has 1 aromatic rings. The Morgan fingerprint density at radius 1 is 1.26 bits per heavy atom. The fraction of sp³-hybridized carbons (Fsp3) is 0.231. The molecule has 0 radical (unpaired) electrons. The predicted octanol–water partition coefficient (Wildman–Crippen LogP) is 2.40. The van der Waals surface area contributed by atoms with Gasteiger partial charge in [-0.15, -0.1) is 0 Å². The fourth-order valence-corrected chi connectivity index (χ4v) is 1.56. The molecular weight excluding hydrogens is 314 g/mol. The summed E-state index contributed by atoms with van der Waals surface area (Å²) in [5, 5.41) is 2.83. The van der Waals surface area contributed by atoms with E-state index in [1.165, 1.54) is 14.2 Å². The molecule has 0 atom stereocenters. The van der Waals surface area contributed by atoms with E-state index in [9.17, 15) is 9.59 Å². The van der Waals surface area contributed by atoms with Gasteiger partial charge in [0.25, 0.3) is 0 Å². The summed E-state index contributed by atoms with van der Waals surface area (Å²) in [4.78, 5) is 22.7. The lowest BCUT2D eigenvalue weighted by atomic mass is 10.2. The molecule has 0 unspecified atom stereocenters. The van der Waals surface area contributed by atoms with Crippen LogP contribution in [0.3, 0.4) is 0 Å². The third-order valence-electron chi connectivity index (χ3n) is 2.31. The lowest BCUT2D eigenvalue weighted by molar-refractivity contribution is -0.138. The van der Waals surface area contributed by atoms with E-state index in [2.05, 4.69) is 30.7 Å². The Labute approximate surface area is 119 Å². The molecule has 1 N–H and O–H groups in total. The van der Waals surface area contributed by atoms with E-state index in [4.69, 9.17) is 0 Å². The third-order valence-corrected chi connectivity index (χ3v) is 3.20. The Balaban J connectivity index is 3.00. The molecule has 19 heavy (non-hydrogen) atoms. The van der Waals surface area contributed by atoms with Crippen LogP contribution in [0.1, 0.15) is 5.56 Å². The van der Waals surface area contributed by atoms with Crippen LogP contribution in [0.5, 0.6) is 0 Å². The SMILES string of the molecule is COC(=O)/C=C(/Nc1ccc(Br)c(C)c1)C(=O)OC. The van der Waals surface area contributed by atoms with Crippen LogP contribution in [-0.4, -0.2) is 26.2 Å². The first-order valence-corrected chi connectivity index (χ1v) is 6.18. The number of carbonyl (C=O) groups excluding carboxylic acids is 2. The smallest absolute Gasteiger partial charge is 0.354 e. The number of hydrogen-bond donors (Lipinski definition) is 1. The van der Waals surface area contributed by atoms with E-state index in [-0.39, 0.29) is 5.70 Å². The summed E-state index contributed by atoms with van der Waals surface area (Å²) in [7, 11) is 2.47. The highest BCUT2D eigenvalue weighted by Gasteiger charge is 2.12. The molecule has 0 amide bonds. The van der Waals surface area contributed by atoms with E-state index >= 15 is 0 Å². The molecule has 0 aromatic heterocycles. The van der Waals surface area contributed by atoms with Gasteiger partial charge in [0.15, 0.2) is 0 Å². The van der Waals surface area contributed by atoms with Crippen molar-refractivity contribution in [2.75, 3.05) is 19.5 Å². The van der Waals surface area contributed by atoms with Crippen molar-refractivity contribution in [3.8, 4) is 0 Å². The van der Waals surface area contributed by atoms with Crippen molar-refractivity contribution in [2.24, 2.45) is 0 Å². The predicted molar refractivity (Wildman–Crippen MR) is 74.6 cm³/mol. The van der Waals surface area contributed by atoms with Crippen molar-refractivity contribution in [2.45, 2.75) is 6.92 Å². The molecule has 6 heteroatoms. The molecule has 0 bridgehead atoms. The van der Waals surface area contributed by atoms with Gasteiger partial charge >= 0.3 is 11.9 Å². The van der Waals surface area contributed by atoms with E-state index in [1.54, 1.807) is 6.07 Å². The minimum atomic E-state index is -0.647. The zero-order valence-electron chi connectivity index (χ0n) is 10.8. The Kier molecular flexibility index (Phi) is 5.57. The van der Waals surface area contributed by atoms with Crippen LogP contribution in [0.15, 0.2) is 34.4 Å². The summed E-state index contributed by atoms with van der Waals surface area (Å²) in [6, 6.07) is 5.44. The molecule has 0 aliphatic rings. The fourth-order valence-electron chi connectivity index (χ4n) is 1.31. The summed E-state index contributed by atoms with van der Waals surface area (Å²) in [6.07, 6.45) is 1.04. The van der Waals surface area contributed by atoms with E-state index in [0.717, 1.165) is 16.1 Å². The molecule has 0 aliphatic carbocycles. The quantitative estimate of drug-likeness (QED) is 0.679. The minimum absolute atomic E-state index is 0.0103. The number of rotatable bonds is 4. The standard InChI is InChI=1S/C13H14BrNO4/c1-8-6-9(4-5-10(8)14)15-11(13(17)19-3)7-12(16)18-2/h4-7,15H,1-3H3/b11-7+. The second-order valence-electron chi connectivity index (χ2n) is 3.66. The van der Waals surface area contributed by atoms with Gasteiger partial charge in [0.2, 0.25) is 0 Å². The maximum Gasteiger partial charge on any atom is 0.354 e. The maximum atomic E-state index is 11.5. The van der Waals surface area contributed by atoms with Crippen molar-refractivity contribution >= 4 is 33.6 Å². The van der Waals surface area contributed by atoms with Gasteiger partial charge in [-0.1, -0.05) is 15.9 Å². The summed E-state index contributed by atoms with van der Waals surface area (Å²) >= 11 is 3.38. The number of carbonyl (C=O) groups is 2. The van der Waals surface area contributed by atoms with Crippen molar-refractivity contribution in [3.05, 3.63) is 40.0 Å². The second kappa shape index (κ2) is 6.94. The van der Waals surface area contributed by atoms with Crippen molar-refractivity contribution in [1.29, 1.82) is 0 Å². The molecule has 0 aliphatic heterocycles. The number of hydrogen-bond acceptors (Lipinski definition) is 5. The molecule has 1 rings (SSSR count). The summed E-state index contributed by atoms with van der Waals surface area (Å²) in [5.74, 6) is -1.28. The molecular formula is C13H14BrNO4.